The van der Waals surface area contributed by atoms with Crippen LogP contribution in [-0.4, -0.2) is 40.1 Å². The van der Waals surface area contributed by atoms with Crippen LogP contribution in [-0.2, 0) is 0 Å². The number of rotatable bonds is 2. The molecule has 0 spiro atoms. The number of nitrogens with zero attached hydrogens (tertiary/aromatic N) is 2. The summed E-state index contributed by atoms with van der Waals surface area (Å²) in [5.41, 5.74) is 6.08. The van der Waals surface area contributed by atoms with E-state index in [1.165, 1.54) is 11.3 Å². The minimum atomic E-state index is -0.375. The van der Waals surface area contributed by atoms with Crippen LogP contribution >= 0.6 is 11.3 Å². The summed E-state index contributed by atoms with van der Waals surface area (Å²) in [6.45, 7) is 2.65. The smallest absolute Gasteiger partial charge is 0.273 e. The van der Waals surface area contributed by atoms with E-state index in [-0.39, 0.29) is 18.1 Å². The molecular weight excluding hydrogens is 214 g/mol. The standard InChI is InChI=1S/C9H13N3O2S/c1-5(10)8-11-7(4-15-8)9(14)12-2-6(13)3-12/h4-6,13H,2-3,10H2,1H3. The first kappa shape index (κ1) is 10.5. The summed E-state index contributed by atoms with van der Waals surface area (Å²) in [4.78, 5) is 17.5. The second-order valence-electron chi connectivity index (χ2n) is 3.72. The Labute approximate surface area is 91.5 Å². The molecule has 1 aromatic rings. The topological polar surface area (TPSA) is 79.5 Å². The number of likely N-dealkylation sites (tertiary alicyclic amines) is 1. The van der Waals surface area contributed by atoms with Gasteiger partial charge < -0.3 is 15.7 Å². The molecule has 0 aliphatic carbocycles. The number of amides is 1. The summed E-state index contributed by atoms with van der Waals surface area (Å²) < 4.78 is 0. The van der Waals surface area contributed by atoms with Gasteiger partial charge in [-0.05, 0) is 6.92 Å². The molecular formula is C9H13N3O2S. The molecule has 15 heavy (non-hydrogen) atoms. The number of β-amino-alcohol motifs (C(OH)–C–C–N with tert-alkyl or cyclic N) is 1. The highest BCUT2D eigenvalue weighted by atomic mass is 32.1. The number of hydrogen-bond donors (Lipinski definition) is 2. The monoisotopic (exact) mass is 227 g/mol. The summed E-state index contributed by atoms with van der Waals surface area (Å²) in [6, 6.07) is -0.140. The predicted molar refractivity (Wildman–Crippen MR) is 56.6 cm³/mol. The molecule has 1 amide bonds. The van der Waals surface area contributed by atoms with Gasteiger partial charge in [-0.15, -0.1) is 11.3 Å². The Bertz CT molecular complexity index is 371. The molecule has 1 aliphatic heterocycles. The summed E-state index contributed by atoms with van der Waals surface area (Å²) in [5, 5.41) is 11.6. The van der Waals surface area contributed by atoms with E-state index < -0.39 is 0 Å². The molecule has 1 aliphatic rings. The van der Waals surface area contributed by atoms with Crippen molar-refractivity contribution in [3.8, 4) is 0 Å². The lowest BCUT2D eigenvalue weighted by Crippen LogP contribution is -2.53. The van der Waals surface area contributed by atoms with Crippen molar-refractivity contribution in [2.24, 2.45) is 5.73 Å². The molecule has 0 bridgehead atoms. The Kier molecular flexibility index (Phi) is 2.72. The highest BCUT2D eigenvalue weighted by Gasteiger charge is 2.30. The van der Waals surface area contributed by atoms with Gasteiger partial charge in [0.05, 0.1) is 12.1 Å². The van der Waals surface area contributed by atoms with Crippen molar-refractivity contribution in [2.75, 3.05) is 13.1 Å². The zero-order chi connectivity index (χ0) is 11.0. The zero-order valence-electron chi connectivity index (χ0n) is 8.38. The van der Waals surface area contributed by atoms with E-state index in [1.807, 2.05) is 6.92 Å². The molecule has 1 saturated heterocycles. The SMILES string of the molecule is CC(N)c1nc(C(=O)N2CC(O)C2)cs1. The van der Waals surface area contributed by atoms with E-state index in [0.29, 0.717) is 18.8 Å². The average molecular weight is 227 g/mol. The van der Waals surface area contributed by atoms with Crippen molar-refractivity contribution >= 4 is 17.2 Å². The Morgan fingerprint density at radius 1 is 1.80 bits per heavy atom. The third-order valence-corrected chi connectivity index (χ3v) is 3.33. The minimum Gasteiger partial charge on any atom is -0.389 e. The van der Waals surface area contributed by atoms with Crippen molar-refractivity contribution in [1.29, 1.82) is 0 Å². The molecule has 82 valence electrons. The van der Waals surface area contributed by atoms with Gasteiger partial charge in [0, 0.05) is 18.5 Å². The van der Waals surface area contributed by atoms with E-state index >= 15 is 0 Å². The van der Waals surface area contributed by atoms with Crippen LogP contribution in [0.25, 0.3) is 0 Å². The van der Waals surface area contributed by atoms with Crippen molar-refractivity contribution in [1.82, 2.24) is 9.88 Å². The summed E-state index contributed by atoms with van der Waals surface area (Å²) in [7, 11) is 0. The van der Waals surface area contributed by atoms with Crippen LogP contribution in [0.15, 0.2) is 5.38 Å². The first-order chi connectivity index (χ1) is 7.08. The van der Waals surface area contributed by atoms with Crippen molar-refractivity contribution in [3.63, 3.8) is 0 Å². The molecule has 2 rings (SSSR count). The van der Waals surface area contributed by atoms with Gasteiger partial charge in [0.1, 0.15) is 10.7 Å². The molecule has 1 fully saturated rings. The number of carbonyl (C=O) groups excluding carboxylic acids is 1. The lowest BCUT2D eigenvalue weighted by molar-refractivity contribution is 0.00554. The Balaban J connectivity index is 2.06. The molecule has 3 N–H and O–H groups in total. The van der Waals surface area contributed by atoms with E-state index in [0.717, 1.165) is 5.01 Å². The van der Waals surface area contributed by atoms with Crippen molar-refractivity contribution in [2.45, 2.75) is 19.1 Å². The lowest BCUT2D eigenvalue weighted by Gasteiger charge is -2.35. The Morgan fingerprint density at radius 2 is 2.47 bits per heavy atom. The number of thiazole rings is 1. The molecule has 5 nitrogen and oxygen atoms in total. The first-order valence-corrected chi connectivity index (χ1v) is 5.64. The van der Waals surface area contributed by atoms with Gasteiger partial charge in [0.2, 0.25) is 0 Å². The second kappa shape index (κ2) is 3.88. The van der Waals surface area contributed by atoms with Crippen LogP contribution in [0.1, 0.15) is 28.5 Å². The molecule has 0 saturated carbocycles. The highest BCUT2D eigenvalue weighted by Crippen LogP contribution is 2.19. The molecule has 1 unspecified atom stereocenters. The van der Waals surface area contributed by atoms with Gasteiger partial charge in [0.25, 0.3) is 5.91 Å². The predicted octanol–water partition coefficient (Wildman–Crippen LogP) is -0.0205. The van der Waals surface area contributed by atoms with E-state index in [1.54, 1.807) is 10.3 Å². The van der Waals surface area contributed by atoms with Gasteiger partial charge in [-0.25, -0.2) is 4.98 Å². The maximum atomic E-state index is 11.7. The number of hydrogen-bond acceptors (Lipinski definition) is 5. The second-order valence-corrected chi connectivity index (χ2v) is 4.61. The number of aliphatic hydroxyl groups excluding tert-OH is 1. The quantitative estimate of drug-likeness (QED) is 0.744. The fraction of sp³-hybridized carbons (Fsp3) is 0.556. The van der Waals surface area contributed by atoms with E-state index in [9.17, 15) is 4.79 Å². The largest absolute Gasteiger partial charge is 0.389 e. The number of aromatic nitrogens is 1. The van der Waals surface area contributed by atoms with Gasteiger partial charge in [-0.1, -0.05) is 0 Å². The van der Waals surface area contributed by atoms with Crippen molar-refractivity contribution in [3.05, 3.63) is 16.1 Å². The zero-order valence-corrected chi connectivity index (χ0v) is 9.20. The third kappa shape index (κ3) is 2.01. The summed E-state index contributed by atoms with van der Waals surface area (Å²) in [5.74, 6) is -0.122. The maximum Gasteiger partial charge on any atom is 0.273 e. The van der Waals surface area contributed by atoms with Crippen LogP contribution in [0.2, 0.25) is 0 Å². The van der Waals surface area contributed by atoms with Crippen LogP contribution < -0.4 is 5.73 Å². The minimum absolute atomic E-state index is 0.122. The normalized spacial score (nSPS) is 18.7. The number of nitrogens with two attached hydrogens (primary N) is 1. The molecule has 6 heteroatoms. The lowest BCUT2D eigenvalue weighted by atomic mass is 10.1. The van der Waals surface area contributed by atoms with Crippen LogP contribution in [0.5, 0.6) is 0 Å². The third-order valence-electron chi connectivity index (χ3n) is 2.28. The van der Waals surface area contributed by atoms with E-state index in [4.69, 9.17) is 10.8 Å². The van der Waals surface area contributed by atoms with Crippen LogP contribution in [0.4, 0.5) is 0 Å². The fourth-order valence-electron chi connectivity index (χ4n) is 1.38. The Hall–Kier alpha value is -0.980. The fourth-order valence-corrected chi connectivity index (χ4v) is 2.13. The molecule has 0 radical (unpaired) electrons. The van der Waals surface area contributed by atoms with Gasteiger partial charge in [0.15, 0.2) is 0 Å². The molecule has 2 heterocycles. The molecule has 1 aromatic heterocycles. The first-order valence-electron chi connectivity index (χ1n) is 4.76. The van der Waals surface area contributed by atoms with Crippen LogP contribution in [0.3, 0.4) is 0 Å². The summed E-state index contributed by atoms with van der Waals surface area (Å²) in [6.07, 6.45) is -0.375. The molecule has 0 aromatic carbocycles. The number of aliphatic hydroxyl groups is 1. The summed E-state index contributed by atoms with van der Waals surface area (Å²) >= 11 is 1.39. The van der Waals surface area contributed by atoms with Gasteiger partial charge >= 0.3 is 0 Å². The van der Waals surface area contributed by atoms with Gasteiger partial charge in [-0.3, -0.25) is 4.79 Å². The number of carbonyl (C=O) groups is 1. The molecule has 1 atom stereocenters. The van der Waals surface area contributed by atoms with Crippen LogP contribution in [0, 0.1) is 0 Å². The Morgan fingerprint density at radius 3 is 2.93 bits per heavy atom. The highest BCUT2D eigenvalue weighted by molar-refractivity contribution is 7.09. The average Bonchev–Trinajstić information content (AvgIpc) is 2.60. The van der Waals surface area contributed by atoms with Crippen molar-refractivity contribution < 1.29 is 9.90 Å². The van der Waals surface area contributed by atoms with E-state index in [2.05, 4.69) is 4.98 Å². The maximum absolute atomic E-state index is 11.7. The van der Waals surface area contributed by atoms with Gasteiger partial charge in [-0.2, -0.15) is 0 Å².